The molecular weight excluding hydrogens is 360 g/mol. The van der Waals surface area contributed by atoms with Crippen LogP contribution in [0.5, 0.6) is 0 Å². The van der Waals surface area contributed by atoms with E-state index in [-0.39, 0.29) is 0 Å². The van der Waals surface area contributed by atoms with Gasteiger partial charge in [-0.1, -0.05) is 13.8 Å². The van der Waals surface area contributed by atoms with Crippen molar-refractivity contribution in [2.45, 2.75) is 31.0 Å². The second-order valence-corrected chi connectivity index (χ2v) is 9.73. The van der Waals surface area contributed by atoms with Gasteiger partial charge in [0, 0.05) is 45.8 Å². The van der Waals surface area contributed by atoms with E-state index in [4.69, 9.17) is 4.74 Å². The molecule has 0 aliphatic carbocycles. The van der Waals surface area contributed by atoms with Gasteiger partial charge in [-0.05, 0) is 24.5 Å². The summed E-state index contributed by atoms with van der Waals surface area (Å²) in [5.41, 5.74) is 0. The molecule has 7 nitrogen and oxygen atoms in total. The van der Waals surface area contributed by atoms with E-state index in [9.17, 15) is 8.42 Å². The number of ether oxygens (including phenoxy) is 1. The monoisotopic (exact) mass is 390 g/mol. The van der Waals surface area contributed by atoms with Crippen LogP contribution in [0.25, 0.3) is 0 Å². The van der Waals surface area contributed by atoms with E-state index in [0.717, 1.165) is 31.1 Å². The van der Waals surface area contributed by atoms with Crippen LogP contribution < -0.4 is 10.6 Å². The molecule has 1 aromatic heterocycles. The highest BCUT2D eigenvalue weighted by atomic mass is 32.2. The Balaban J connectivity index is 2.37. The predicted octanol–water partition coefficient (Wildman–Crippen LogP) is 1.73. The molecule has 0 unspecified atom stereocenters. The van der Waals surface area contributed by atoms with Crippen molar-refractivity contribution in [3.05, 3.63) is 17.0 Å². The molecule has 0 aliphatic heterocycles. The third kappa shape index (κ3) is 7.72. The lowest BCUT2D eigenvalue weighted by molar-refractivity contribution is 0.108. The van der Waals surface area contributed by atoms with Crippen LogP contribution in [0.1, 0.15) is 25.1 Å². The first kappa shape index (κ1) is 21.9. The molecule has 9 heteroatoms. The first-order chi connectivity index (χ1) is 11.8. The maximum Gasteiger partial charge on any atom is 0.252 e. The average Bonchev–Trinajstić information content (AvgIpc) is 3.02. The Bertz CT molecular complexity index is 640. The van der Waals surface area contributed by atoms with Crippen molar-refractivity contribution >= 4 is 27.3 Å². The maximum atomic E-state index is 12.1. The molecule has 0 saturated carbocycles. The van der Waals surface area contributed by atoms with Crippen molar-refractivity contribution in [3.63, 3.8) is 0 Å². The molecule has 1 rings (SSSR count). The summed E-state index contributed by atoms with van der Waals surface area (Å²) in [6.45, 7) is 7.05. The normalized spacial score (nSPS) is 12.8. The van der Waals surface area contributed by atoms with E-state index in [1.807, 2.05) is 6.07 Å². The zero-order valence-electron chi connectivity index (χ0n) is 15.7. The lowest BCUT2D eigenvalue weighted by atomic mass is 10.2. The van der Waals surface area contributed by atoms with E-state index >= 15 is 0 Å². The van der Waals surface area contributed by atoms with Gasteiger partial charge in [-0.3, -0.25) is 4.99 Å². The summed E-state index contributed by atoms with van der Waals surface area (Å²) in [6, 6.07) is 3.46. The van der Waals surface area contributed by atoms with E-state index in [1.165, 1.54) is 29.7 Å². The standard InChI is InChI=1S/C16H30N4O3S2/c1-13(2)12-23-10-6-9-18-16(17-3)19-11-14-7-8-15(24-14)25(21,22)20(4)5/h7-8,13H,6,9-12H2,1-5H3,(H2,17,18,19). The Hall–Kier alpha value is -1.16. The van der Waals surface area contributed by atoms with Crippen LogP contribution in [0, 0.1) is 5.92 Å². The highest BCUT2D eigenvalue weighted by molar-refractivity contribution is 7.91. The lowest BCUT2D eigenvalue weighted by Crippen LogP contribution is -2.37. The third-order valence-electron chi connectivity index (χ3n) is 3.23. The second-order valence-electron chi connectivity index (χ2n) is 6.18. The van der Waals surface area contributed by atoms with Crippen molar-refractivity contribution in [2.24, 2.45) is 10.9 Å². The van der Waals surface area contributed by atoms with Gasteiger partial charge in [-0.25, -0.2) is 12.7 Å². The summed E-state index contributed by atoms with van der Waals surface area (Å²) in [7, 11) is 1.41. The van der Waals surface area contributed by atoms with Crippen LogP contribution in [-0.4, -0.2) is 59.6 Å². The summed E-state index contributed by atoms with van der Waals surface area (Å²) < 4.78 is 31.3. The topological polar surface area (TPSA) is 83.0 Å². The highest BCUT2D eigenvalue weighted by Gasteiger charge is 2.19. The number of guanidine groups is 1. The molecular formula is C16H30N4O3S2. The molecule has 25 heavy (non-hydrogen) atoms. The van der Waals surface area contributed by atoms with Crippen molar-refractivity contribution in [1.29, 1.82) is 0 Å². The minimum atomic E-state index is -3.37. The van der Waals surface area contributed by atoms with Gasteiger partial charge in [0.1, 0.15) is 4.21 Å². The molecule has 0 aromatic carbocycles. The molecule has 0 atom stereocenters. The Morgan fingerprint density at radius 1 is 1.32 bits per heavy atom. The Morgan fingerprint density at radius 2 is 2.04 bits per heavy atom. The minimum Gasteiger partial charge on any atom is -0.381 e. The molecule has 2 N–H and O–H groups in total. The van der Waals surface area contributed by atoms with Gasteiger partial charge < -0.3 is 15.4 Å². The van der Waals surface area contributed by atoms with Crippen molar-refractivity contribution in [3.8, 4) is 0 Å². The third-order valence-corrected chi connectivity index (χ3v) is 6.60. The molecule has 1 aromatic rings. The van der Waals surface area contributed by atoms with Crippen LogP contribution in [0.3, 0.4) is 0 Å². The van der Waals surface area contributed by atoms with Crippen LogP contribution in [0.15, 0.2) is 21.3 Å². The van der Waals surface area contributed by atoms with Crippen LogP contribution >= 0.6 is 11.3 Å². The number of aliphatic imine (C=N–C) groups is 1. The predicted molar refractivity (Wildman–Crippen MR) is 104 cm³/mol. The first-order valence-corrected chi connectivity index (χ1v) is 10.6. The zero-order chi connectivity index (χ0) is 18.9. The molecule has 0 amide bonds. The fraction of sp³-hybridized carbons (Fsp3) is 0.688. The van der Waals surface area contributed by atoms with Gasteiger partial charge in [0.05, 0.1) is 6.54 Å². The van der Waals surface area contributed by atoms with Crippen molar-refractivity contribution in [1.82, 2.24) is 14.9 Å². The number of thiophene rings is 1. The van der Waals surface area contributed by atoms with E-state index < -0.39 is 10.0 Å². The van der Waals surface area contributed by atoms with Gasteiger partial charge in [-0.15, -0.1) is 11.3 Å². The quantitative estimate of drug-likeness (QED) is 0.361. The molecule has 0 bridgehead atoms. The summed E-state index contributed by atoms with van der Waals surface area (Å²) >= 11 is 1.26. The van der Waals surface area contributed by atoms with Gasteiger partial charge >= 0.3 is 0 Å². The Kier molecular flexibility index (Phi) is 9.41. The SMILES string of the molecule is CN=C(NCCCOCC(C)C)NCc1ccc(S(=O)(=O)N(C)C)s1. The van der Waals surface area contributed by atoms with Gasteiger partial charge in [0.25, 0.3) is 10.0 Å². The summed E-state index contributed by atoms with van der Waals surface area (Å²) in [5.74, 6) is 1.24. The van der Waals surface area contributed by atoms with Crippen LogP contribution in [0.4, 0.5) is 0 Å². The maximum absolute atomic E-state index is 12.1. The summed E-state index contributed by atoms with van der Waals surface area (Å²) in [4.78, 5) is 5.10. The van der Waals surface area contributed by atoms with Crippen molar-refractivity contribution in [2.75, 3.05) is 40.9 Å². The number of sulfonamides is 1. The van der Waals surface area contributed by atoms with E-state index in [1.54, 1.807) is 13.1 Å². The number of nitrogens with one attached hydrogen (secondary N) is 2. The largest absolute Gasteiger partial charge is 0.381 e. The van der Waals surface area contributed by atoms with Crippen molar-refractivity contribution < 1.29 is 13.2 Å². The summed E-state index contributed by atoms with van der Waals surface area (Å²) in [5, 5.41) is 6.41. The van der Waals surface area contributed by atoms with Gasteiger partial charge in [0.2, 0.25) is 0 Å². The minimum absolute atomic E-state index is 0.347. The van der Waals surface area contributed by atoms with Crippen LogP contribution in [-0.2, 0) is 21.3 Å². The molecule has 144 valence electrons. The molecule has 0 saturated heterocycles. The number of nitrogens with zero attached hydrogens (tertiary/aromatic N) is 2. The fourth-order valence-corrected chi connectivity index (χ4v) is 4.33. The Labute approximate surface area is 155 Å². The summed E-state index contributed by atoms with van der Waals surface area (Å²) in [6.07, 6.45) is 0.900. The molecule has 0 radical (unpaired) electrons. The zero-order valence-corrected chi connectivity index (χ0v) is 17.3. The van der Waals surface area contributed by atoms with Gasteiger partial charge in [0.15, 0.2) is 5.96 Å². The number of hydrogen-bond acceptors (Lipinski definition) is 5. The molecule has 0 spiro atoms. The van der Waals surface area contributed by atoms with E-state index in [2.05, 4.69) is 29.5 Å². The first-order valence-electron chi connectivity index (χ1n) is 8.31. The molecule has 0 aliphatic rings. The number of rotatable bonds is 10. The lowest BCUT2D eigenvalue weighted by Gasteiger charge is -2.12. The van der Waals surface area contributed by atoms with Crippen LogP contribution in [0.2, 0.25) is 0 Å². The molecule has 0 fully saturated rings. The highest BCUT2D eigenvalue weighted by Crippen LogP contribution is 2.23. The average molecular weight is 391 g/mol. The fourth-order valence-electron chi connectivity index (χ4n) is 1.86. The Morgan fingerprint density at radius 3 is 2.64 bits per heavy atom. The molecule has 1 heterocycles. The smallest absolute Gasteiger partial charge is 0.252 e. The number of hydrogen-bond donors (Lipinski definition) is 2. The van der Waals surface area contributed by atoms with Gasteiger partial charge in [-0.2, -0.15) is 0 Å². The second kappa shape index (κ2) is 10.7. The van der Waals surface area contributed by atoms with E-state index in [0.29, 0.717) is 22.6 Å².